The molecule has 8 amide bonds. The number of carbonyl (C=O) groups excluding carboxylic acids is 10. The summed E-state index contributed by atoms with van der Waals surface area (Å²) in [5, 5.41) is 5.26. The summed E-state index contributed by atoms with van der Waals surface area (Å²) < 4.78 is 25.7. The van der Waals surface area contributed by atoms with Gasteiger partial charge in [-0.1, -0.05) is 0 Å². The van der Waals surface area contributed by atoms with E-state index in [2.05, 4.69) is 10.6 Å². The van der Waals surface area contributed by atoms with E-state index in [1.165, 1.54) is 85.7 Å². The van der Waals surface area contributed by atoms with E-state index in [1.54, 1.807) is 0 Å². The second-order valence-electron chi connectivity index (χ2n) is 15.2. The van der Waals surface area contributed by atoms with Crippen LogP contribution in [0.3, 0.4) is 0 Å². The molecule has 0 aromatic heterocycles. The van der Waals surface area contributed by atoms with E-state index in [9.17, 15) is 47.9 Å². The van der Waals surface area contributed by atoms with Crippen LogP contribution in [0.4, 0.5) is 0 Å². The summed E-state index contributed by atoms with van der Waals surface area (Å²) in [5.74, 6) is -4.90. The molecule has 0 aromatic rings. The third-order valence-electron chi connectivity index (χ3n) is 9.87. The number of ketones is 2. The summed E-state index contributed by atoms with van der Waals surface area (Å²) in [5.41, 5.74) is 5.56. The zero-order chi connectivity index (χ0) is 50.0. The Balaban J connectivity index is 6.51. The van der Waals surface area contributed by atoms with Crippen molar-refractivity contribution in [2.75, 3.05) is 160 Å². The lowest BCUT2D eigenvalue weighted by Crippen LogP contribution is -2.53. The van der Waals surface area contributed by atoms with Crippen LogP contribution in [0, 0.1) is 0 Å². The average molecular weight is 946 g/mol. The summed E-state index contributed by atoms with van der Waals surface area (Å²) in [6.07, 6.45) is 0.679. The number of nitrogens with one attached hydrogen (secondary N) is 2. The summed E-state index contributed by atoms with van der Waals surface area (Å²) in [6, 6.07) is -0.806. The summed E-state index contributed by atoms with van der Waals surface area (Å²) >= 11 is 0. The number of hydrogen-bond donors (Lipinski definition) is 3. The van der Waals surface area contributed by atoms with Crippen LogP contribution in [0.25, 0.3) is 0 Å². The molecular weight excluding hydrogens is 871 g/mol. The molecule has 0 radical (unpaired) electrons. The van der Waals surface area contributed by atoms with Crippen molar-refractivity contribution < 1.29 is 71.6 Å². The lowest BCUT2D eigenvalue weighted by Gasteiger charge is -2.32. The van der Waals surface area contributed by atoms with Crippen LogP contribution in [0.5, 0.6) is 0 Å². The minimum absolute atomic E-state index is 0.00415. The number of Topliss-reactive ketones (excluding diaryl/α,β-unsaturated/α-hetero) is 2. The molecule has 0 spiro atoms. The molecule has 1 unspecified atom stereocenters. The first-order chi connectivity index (χ1) is 31.4. The molecule has 1 atom stereocenters. The molecule has 0 heterocycles. The molecule has 0 saturated carbocycles. The highest BCUT2D eigenvalue weighted by atomic mass is 16.5. The maximum atomic E-state index is 14.2. The fourth-order valence-electron chi connectivity index (χ4n) is 6.11. The van der Waals surface area contributed by atoms with E-state index in [1.807, 2.05) is 0 Å². The monoisotopic (exact) mass is 946 g/mol. The number of rotatable bonds is 38. The zero-order valence-corrected chi connectivity index (χ0v) is 40.2. The van der Waals surface area contributed by atoms with Crippen LogP contribution in [0.15, 0.2) is 0 Å². The fraction of sp³-hybridized carbons (Fsp3) is 0.762. The summed E-state index contributed by atoms with van der Waals surface area (Å²) in [4.78, 5) is 137. The standard InChI is InChI=1S/C42H75N9O15/c1-32(52)26-47(15-20-62-4)39(58)30-50(18-23-65-7)40(59)27-46(14-10-9-13-44-36(55)12-11-35(33(2)53)45-34(3)54)38(57)29-49(17-22-64-6)42(61)31-51(19-24-66-8)41(60)28-48(16-21-63-5)37(56)25-43/h35H,9-31,43H2,1-8H3,(H,44,55)(H,45,54). The third-order valence-corrected chi connectivity index (χ3v) is 9.87. The Kier molecular flexibility index (Phi) is 33.2. The smallest absolute Gasteiger partial charge is 0.242 e. The SMILES string of the molecule is COCCN(CC(C)=O)C(=O)CN(CCOC)C(=O)CN(CCCCNC(=O)CCC(NC(C)=O)C(C)=O)C(=O)CN(CCOC)C(=O)CN(CCOC)C(=O)CN(CCOC)C(=O)CN. The number of methoxy groups -OCH3 is 5. The van der Waals surface area contributed by atoms with Crippen molar-refractivity contribution >= 4 is 58.8 Å². The van der Waals surface area contributed by atoms with Crippen LogP contribution in [-0.4, -0.2) is 254 Å². The lowest BCUT2D eigenvalue weighted by molar-refractivity contribution is -0.148. The number of nitrogens with zero attached hydrogens (tertiary/aromatic N) is 6. The zero-order valence-electron chi connectivity index (χ0n) is 40.2. The van der Waals surface area contributed by atoms with Crippen molar-refractivity contribution in [3.8, 4) is 0 Å². The normalized spacial score (nSPS) is 11.2. The molecular formula is C42H75N9O15. The maximum Gasteiger partial charge on any atom is 0.242 e. The van der Waals surface area contributed by atoms with Gasteiger partial charge in [-0.05, 0) is 33.1 Å². The Bertz CT molecular complexity index is 1550. The minimum Gasteiger partial charge on any atom is -0.383 e. The molecule has 0 bridgehead atoms. The topological polar surface area (TPSA) is 286 Å². The van der Waals surface area contributed by atoms with Gasteiger partial charge in [0.15, 0.2) is 5.78 Å². The van der Waals surface area contributed by atoms with E-state index < -0.39 is 80.1 Å². The molecule has 0 saturated heterocycles. The van der Waals surface area contributed by atoms with Gasteiger partial charge in [0, 0.05) is 94.7 Å². The predicted octanol–water partition coefficient (Wildman–Crippen LogP) is -3.49. The number of hydrogen-bond acceptors (Lipinski definition) is 16. The van der Waals surface area contributed by atoms with Gasteiger partial charge in [0.1, 0.15) is 5.78 Å². The summed E-state index contributed by atoms with van der Waals surface area (Å²) in [6.45, 7) is 1.45. The van der Waals surface area contributed by atoms with E-state index in [-0.39, 0.29) is 129 Å². The van der Waals surface area contributed by atoms with E-state index in [0.717, 1.165) is 0 Å². The molecule has 4 N–H and O–H groups in total. The fourth-order valence-corrected chi connectivity index (χ4v) is 6.11. The first-order valence-electron chi connectivity index (χ1n) is 21.7. The van der Waals surface area contributed by atoms with Gasteiger partial charge < -0.3 is 69.5 Å². The van der Waals surface area contributed by atoms with Gasteiger partial charge in [0.2, 0.25) is 47.3 Å². The van der Waals surface area contributed by atoms with Gasteiger partial charge >= 0.3 is 0 Å². The molecule has 378 valence electrons. The number of ether oxygens (including phenoxy) is 5. The number of amides is 8. The average Bonchev–Trinajstić information content (AvgIpc) is 3.27. The second kappa shape index (κ2) is 36.0. The van der Waals surface area contributed by atoms with Crippen molar-refractivity contribution in [3.05, 3.63) is 0 Å². The van der Waals surface area contributed by atoms with Gasteiger partial charge in [-0.25, -0.2) is 0 Å². The Morgan fingerprint density at radius 1 is 0.470 bits per heavy atom. The van der Waals surface area contributed by atoms with Crippen LogP contribution < -0.4 is 16.4 Å². The Labute approximate surface area is 388 Å². The number of carbonyl (C=O) groups is 10. The van der Waals surface area contributed by atoms with Crippen molar-refractivity contribution in [1.82, 2.24) is 40.0 Å². The van der Waals surface area contributed by atoms with E-state index in [4.69, 9.17) is 29.4 Å². The van der Waals surface area contributed by atoms with Gasteiger partial charge in [-0.2, -0.15) is 0 Å². The Morgan fingerprint density at radius 2 is 0.803 bits per heavy atom. The number of nitrogens with two attached hydrogens (primary N) is 1. The predicted molar refractivity (Wildman–Crippen MR) is 238 cm³/mol. The third kappa shape index (κ3) is 26.7. The molecule has 0 aliphatic carbocycles. The molecule has 0 aliphatic rings. The Morgan fingerprint density at radius 3 is 1.11 bits per heavy atom. The number of unbranched alkanes of at least 4 members (excludes halogenated alkanes) is 1. The van der Waals surface area contributed by atoms with Crippen molar-refractivity contribution in [2.45, 2.75) is 52.5 Å². The maximum absolute atomic E-state index is 14.2. The molecule has 0 aliphatic heterocycles. The van der Waals surface area contributed by atoms with Crippen LogP contribution in [0.1, 0.15) is 46.5 Å². The molecule has 24 nitrogen and oxygen atoms in total. The highest BCUT2D eigenvalue weighted by molar-refractivity contribution is 5.93. The van der Waals surface area contributed by atoms with Crippen molar-refractivity contribution in [1.29, 1.82) is 0 Å². The van der Waals surface area contributed by atoms with Crippen LogP contribution >= 0.6 is 0 Å². The first kappa shape index (κ1) is 60.9. The molecule has 24 heteroatoms. The van der Waals surface area contributed by atoms with Crippen LogP contribution in [0.2, 0.25) is 0 Å². The largest absolute Gasteiger partial charge is 0.383 e. The van der Waals surface area contributed by atoms with E-state index in [0.29, 0.717) is 6.42 Å². The van der Waals surface area contributed by atoms with Gasteiger partial charge in [0.25, 0.3) is 0 Å². The molecule has 0 aromatic carbocycles. The molecule has 0 rings (SSSR count). The molecule has 0 fully saturated rings. The molecule has 66 heavy (non-hydrogen) atoms. The second-order valence-corrected chi connectivity index (χ2v) is 15.2. The minimum atomic E-state index is -0.806. The van der Waals surface area contributed by atoms with Gasteiger partial charge in [-0.15, -0.1) is 0 Å². The lowest BCUT2D eigenvalue weighted by atomic mass is 10.1. The van der Waals surface area contributed by atoms with Crippen LogP contribution in [-0.2, 0) is 71.6 Å². The van der Waals surface area contributed by atoms with Crippen molar-refractivity contribution in [3.63, 3.8) is 0 Å². The first-order valence-corrected chi connectivity index (χ1v) is 21.7. The summed E-state index contributed by atoms with van der Waals surface area (Å²) in [7, 11) is 7.11. The highest BCUT2D eigenvalue weighted by Crippen LogP contribution is 2.07. The van der Waals surface area contributed by atoms with Gasteiger partial charge in [0.05, 0.1) is 84.9 Å². The highest BCUT2D eigenvalue weighted by Gasteiger charge is 2.29. The van der Waals surface area contributed by atoms with Crippen molar-refractivity contribution in [2.24, 2.45) is 5.73 Å². The quantitative estimate of drug-likeness (QED) is 0.0507. The Hall–Kier alpha value is -5.14. The van der Waals surface area contributed by atoms with Gasteiger partial charge in [-0.3, -0.25) is 47.9 Å². The van der Waals surface area contributed by atoms with E-state index >= 15 is 0 Å².